The first kappa shape index (κ1) is 17.5. The Labute approximate surface area is 159 Å². The van der Waals surface area contributed by atoms with Gasteiger partial charge in [-0.25, -0.2) is 9.78 Å². The van der Waals surface area contributed by atoms with Crippen LogP contribution in [-0.4, -0.2) is 22.0 Å². The standard InChI is InChI=1S/C20H18N2O4S/c23-18(21-11-12-9-10-16(26-12)20(24)25)13-5-1-2-6-14(13)19-22-15-7-3-4-8-17(15)27-19/h1-4,7-10,13-14H,5-6,11H2,(H,21,23)(H,24,25). The van der Waals surface area contributed by atoms with Gasteiger partial charge in [0.25, 0.3) is 0 Å². The SMILES string of the molecule is O=C(O)c1ccc(CNC(=O)C2CC=CCC2c2nc3ccccc3s2)o1. The van der Waals surface area contributed by atoms with Gasteiger partial charge < -0.3 is 14.8 Å². The van der Waals surface area contributed by atoms with Crippen molar-refractivity contribution in [3.05, 3.63) is 65.1 Å². The number of carboxylic acid groups (broad SMARTS) is 1. The number of fused-ring (bicyclic) bond motifs is 1. The lowest BCUT2D eigenvalue weighted by atomic mass is 9.82. The molecule has 138 valence electrons. The van der Waals surface area contributed by atoms with E-state index in [1.54, 1.807) is 17.4 Å². The highest BCUT2D eigenvalue weighted by atomic mass is 32.1. The second-order valence-corrected chi connectivity index (χ2v) is 7.53. The van der Waals surface area contributed by atoms with E-state index in [-0.39, 0.29) is 30.0 Å². The van der Waals surface area contributed by atoms with Crippen molar-refractivity contribution in [1.29, 1.82) is 0 Å². The zero-order chi connectivity index (χ0) is 18.8. The van der Waals surface area contributed by atoms with Gasteiger partial charge in [-0.1, -0.05) is 24.3 Å². The molecule has 2 heterocycles. The van der Waals surface area contributed by atoms with E-state index in [0.717, 1.165) is 21.6 Å². The van der Waals surface area contributed by atoms with E-state index in [9.17, 15) is 9.59 Å². The van der Waals surface area contributed by atoms with Gasteiger partial charge in [-0.15, -0.1) is 11.3 Å². The maximum Gasteiger partial charge on any atom is 0.371 e. The summed E-state index contributed by atoms with van der Waals surface area (Å²) in [6.07, 6.45) is 5.57. The fraction of sp³-hybridized carbons (Fsp3) is 0.250. The molecule has 0 radical (unpaired) electrons. The van der Waals surface area contributed by atoms with Crippen LogP contribution in [0.1, 0.15) is 40.1 Å². The number of hydrogen-bond acceptors (Lipinski definition) is 5. The molecule has 2 aromatic heterocycles. The molecule has 4 rings (SSSR count). The number of benzene rings is 1. The molecular formula is C20H18N2O4S. The summed E-state index contributed by atoms with van der Waals surface area (Å²) in [5.74, 6) is -1.07. The van der Waals surface area contributed by atoms with Crippen LogP contribution in [0.15, 0.2) is 53.0 Å². The van der Waals surface area contributed by atoms with Crippen molar-refractivity contribution >= 4 is 33.4 Å². The Morgan fingerprint density at radius 1 is 1.19 bits per heavy atom. The Morgan fingerprint density at radius 2 is 2.00 bits per heavy atom. The van der Waals surface area contributed by atoms with Gasteiger partial charge in [0.15, 0.2) is 0 Å². The van der Waals surface area contributed by atoms with Crippen LogP contribution in [0.2, 0.25) is 0 Å². The van der Waals surface area contributed by atoms with Crippen molar-refractivity contribution < 1.29 is 19.1 Å². The first-order valence-electron chi connectivity index (χ1n) is 8.72. The number of carboxylic acids is 1. The number of para-hydroxylation sites is 1. The van der Waals surface area contributed by atoms with Crippen LogP contribution in [0, 0.1) is 5.92 Å². The van der Waals surface area contributed by atoms with E-state index in [2.05, 4.69) is 11.4 Å². The predicted molar refractivity (Wildman–Crippen MR) is 102 cm³/mol. The average Bonchev–Trinajstić information content (AvgIpc) is 3.33. The van der Waals surface area contributed by atoms with Gasteiger partial charge in [0.1, 0.15) is 5.76 Å². The highest BCUT2D eigenvalue weighted by Crippen LogP contribution is 2.38. The Kier molecular flexibility index (Phi) is 4.77. The number of aromatic nitrogens is 1. The summed E-state index contributed by atoms with van der Waals surface area (Å²) in [6, 6.07) is 10.9. The zero-order valence-corrected chi connectivity index (χ0v) is 15.2. The summed E-state index contributed by atoms with van der Waals surface area (Å²) in [4.78, 5) is 28.4. The Hall–Kier alpha value is -2.93. The molecule has 0 saturated carbocycles. The highest BCUT2D eigenvalue weighted by Gasteiger charge is 2.32. The van der Waals surface area contributed by atoms with Gasteiger partial charge in [-0.2, -0.15) is 0 Å². The normalized spacial score (nSPS) is 19.3. The third-order valence-corrected chi connectivity index (χ3v) is 5.87. The van der Waals surface area contributed by atoms with Crippen LogP contribution in [0.25, 0.3) is 10.2 Å². The number of carbonyl (C=O) groups is 2. The predicted octanol–water partition coefficient (Wildman–Crippen LogP) is 3.95. The molecule has 1 aliphatic carbocycles. The first-order chi connectivity index (χ1) is 13.1. The minimum Gasteiger partial charge on any atom is -0.475 e. The van der Waals surface area contributed by atoms with Gasteiger partial charge in [0.05, 0.1) is 27.7 Å². The molecule has 2 N–H and O–H groups in total. The molecule has 2 unspecified atom stereocenters. The summed E-state index contributed by atoms with van der Waals surface area (Å²) in [7, 11) is 0. The highest BCUT2D eigenvalue weighted by molar-refractivity contribution is 7.18. The molecule has 0 saturated heterocycles. The molecule has 3 aromatic rings. The van der Waals surface area contributed by atoms with Gasteiger partial charge in [-0.3, -0.25) is 4.79 Å². The van der Waals surface area contributed by atoms with Crippen LogP contribution in [0.3, 0.4) is 0 Å². The molecule has 1 amide bonds. The minimum absolute atomic E-state index is 0.0404. The molecule has 1 aromatic carbocycles. The molecule has 6 nitrogen and oxygen atoms in total. The molecule has 0 aliphatic heterocycles. The van der Waals surface area contributed by atoms with E-state index < -0.39 is 5.97 Å². The first-order valence-corrected chi connectivity index (χ1v) is 9.53. The van der Waals surface area contributed by atoms with Crippen molar-refractivity contribution in [2.24, 2.45) is 5.92 Å². The average molecular weight is 382 g/mol. The summed E-state index contributed by atoms with van der Waals surface area (Å²) in [5.41, 5.74) is 0.961. The van der Waals surface area contributed by atoms with E-state index in [1.807, 2.05) is 30.3 Å². The van der Waals surface area contributed by atoms with Crippen molar-refractivity contribution in [1.82, 2.24) is 10.3 Å². The van der Waals surface area contributed by atoms with Crippen molar-refractivity contribution in [3.63, 3.8) is 0 Å². The zero-order valence-electron chi connectivity index (χ0n) is 14.4. The summed E-state index contributed by atoms with van der Waals surface area (Å²) in [6.45, 7) is 0.166. The van der Waals surface area contributed by atoms with Gasteiger partial charge in [-0.05, 0) is 37.1 Å². The monoisotopic (exact) mass is 382 g/mol. The van der Waals surface area contributed by atoms with Crippen LogP contribution < -0.4 is 5.32 Å². The maximum atomic E-state index is 12.8. The van der Waals surface area contributed by atoms with Crippen LogP contribution in [0.4, 0.5) is 0 Å². The molecule has 1 aliphatic rings. The van der Waals surface area contributed by atoms with Gasteiger partial charge >= 0.3 is 5.97 Å². The van der Waals surface area contributed by atoms with Crippen molar-refractivity contribution in [3.8, 4) is 0 Å². The Balaban J connectivity index is 1.48. The fourth-order valence-corrected chi connectivity index (χ4v) is 4.46. The summed E-state index contributed by atoms with van der Waals surface area (Å²) in [5, 5.41) is 12.8. The minimum atomic E-state index is -1.12. The number of nitrogens with one attached hydrogen (secondary N) is 1. The van der Waals surface area contributed by atoms with E-state index in [1.165, 1.54) is 6.07 Å². The van der Waals surface area contributed by atoms with Crippen LogP contribution >= 0.6 is 11.3 Å². The maximum absolute atomic E-state index is 12.8. The number of allylic oxidation sites excluding steroid dienone is 2. The number of nitrogens with zero attached hydrogens (tertiary/aromatic N) is 1. The van der Waals surface area contributed by atoms with Crippen molar-refractivity contribution in [2.75, 3.05) is 0 Å². The topological polar surface area (TPSA) is 92.4 Å². The molecule has 0 bridgehead atoms. The number of thiazole rings is 1. The molecule has 0 spiro atoms. The lowest BCUT2D eigenvalue weighted by Crippen LogP contribution is -2.34. The van der Waals surface area contributed by atoms with Gasteiger partial charge in [0.2, 0.25) is 11.7 Å². The lowest BCUT2D eigenvalue weighted by Gasteiger charge is -2.25. The molecule has 7 heteroatoms. The second-order valence-electron chi connectivity index (χ2n) is 6.46. The number of hydrogen-bond donors (Lipinski definition) is 2. The quantitative estimate of drug-likeness (QED) is 0.652. The third-order valence-electron chi connectivity index (χ3n) is 4.71. The second kappa shape index (κ2) is 7.36. The van der Waals surface area contributed by atoms with Crippen LogP contribution in [-0.2, 0) is 11.3 Å². The van der Waals surface area contributed by atoms with E-state index in [0.29, 0.717) is 12.2 Å². The number of carbonyl (C=O) groups excluding carboxylic acids is 1. The summed E-state index contributed by atoms with van der Waals surface area (Å²) < 4.78 is 6.32. The van der Waals surface area contributed by atoms with Crippen molar-refractivity contribution in [2.45, 2.75) is 25.3 Å². The number of furan rings is 1. The fourth-order valence-electron chi connectivity index (χ4n) is 3.32. The molecular weight excluding hydrogens is 364 g/mol. The van der Waals surface area contributed by atoms with E-state index >= 15 is 0 Å². The van der Waals surface area contributed by atoms with Crippen LogP contribution in [0.5, 0.6) is 0 Å². The third kappa shape index (κ3) is 3.64. The van der Waals surface area contributed by atoms with E-state index in [4.69, 9.17) is 14.5 Å². The molecule has 2 atom stereocenters. The number of rotatable bonds is 5. The van der Waals surface area contributed by atoms with Gasteiger partial charge in [0, 0.05) is 5.92 Å². The number of aromatic carboxylic acids is 1. The number of amides is 1. The molecule has 27 heavy (non-hydrogen) atoms. The molecule has 0 fully saturated rings. The Bertz CT molecular complexity index is 987. The summed E-state index contributed by atoms with van der Waals surface area (Å²) >= 11 is 1.64. The largest absolute Gasteiger partial charge is 0.475 e. The lowest BCUT2D eigenvalue weighted by molar-refractivity contribution is -0.126. The Morgan fingerprint density at radius 3 is 2.78 bits per heavy atom. The smallest absolute Gasteiger partial charge is 0.371 e.